The number of nitrogens with zero attached hydrogens (tertiary/aromatic N) is 1. The number of rotatable bonds is 3. The molecule has 126 valence electrons. The molecule has 0 unspecified atom stereocenters. The van der Waals surface area contributed by atoms with Crippen LogP contribution in [-0.2, 0) is 14.8 Å². The standard InChI is InChI=1S/C16H23N3O3S/c17-16(9-2-1-3-10-16)15(20)18-13-5-7-14(8-6-13)19-11-4-12-23(19,21)22/h5-8H,1-4,9-12,17H2,(H,18,20). The van der Waals surface area contributed by atoms with Crippen LogP contribution in [0.5, 0.6) is 0 Å². The second kappa shape index (κ2) is 6.13. The highest BCUT2D eigenvalue weighted by Gasteiger charge is 2.35. The first-order valence-electron chi connectivity index (χ1n) is 8.12. The van der Waals surface area contributed by atoms with Gasteiger partial charge in [0.1, 0.15) is 0 Å². The molecule has 0 spiro atoms. The molecular weight excluding hydrogens is 314 g/mol. The zero-order valence-corrected chi connectivity index (χ0v) is 13.9. The van der Waals surface area contributed by atoms with Crippen molar-refractivity contribution in [2.45, 2.75) is 44.1 Å². The third kappa shape index (κ3) is 3.35. The lowest BCUT2D eigenvalue weighted by atomic mass is 9.82. The molecule has 23 heavy (non-hydrogen) atoms. The van der Waals surface area contributed by atoms with Crippen LogP contribution in [0.1, 0.15) is 38.5 Å². The summed E-state index contributed by atoms with van der Waals surface area (Å²) in [6.45, 7) is 0.514. The second-order valence-corrected chi connectivity index (χ2v) is 8.47. The Hall–Kier alpha value is -1.60. The minimum absolute atomic E-state index is 0.154. The molecule has 0 bridgehead atoms. The van der Waals surface area contributed by atoms with Crippen LogP contribution < -0.4 is 15.4 Å². The fraction of sp³-hybridized carbons (Fsp3) is 0.562. The van der Waals surface area contributed by atoms with Crippen LogP contribution in [0.4, 0.5) is 11.4 Å². The number of hydrogen-bond donors (Lipinski definition) is 2. The zero-order valence-electron chi connectivity index (χ0n) is 13.1. The summed E-state index contributed by atoms with van der Waals surface area (Å²) in [7, 11) is -3.18. The summed E-state index contributed by atoms with van der Waals surface area (Å²) < 4.78 is 25.2. The SMILES string of the molecule is NC1(C(=O)Nc2ccc(N3CCCS3(=O)=O)cc2)CCCCC1. The van der Waals surface area contributed by atoms with Crippen molar-refractivity contribution in [3.8, 4) is 0 Å². The van der Waals surface area contributed by atoms with Crippen LogP contribution in [0.3, 0.4) is 0 Å². The predicted molar refractivity (Wildman–Crippen MR) is 90.8 cm³/mol. The normalized spacial score (nSPS) is 22.7. The summed E-state index contributed by atoms with van der Waals surface area (Å²) >= 11 is 0. The Morgan fingerprint density at radius 3 is 2.30 bits per heavy atom. The van der Waals surface area contributed by atoms with E-state index in [0.717, 1.165) is 19.3 Å². The maximum Gasteiger partial charge on any atom is 0.244 e. The molecule has 3 N–H and O–H groups in total. The van der Waals surface area contributed by atoms with Gasteiger partial charge in [-0.1, -0.05) is 19.3 Å². The van der Waals surface area contributed by atoms with Gasteiger partial charge in [-0.3, -0.25) is 9.10 Å². The summed E-state index contributed by atoms with van der Waals surface area (Å²) in [5.41, 5.74) is 6.72. The Kier molecular flexibility index (Phi) is 4.33. The van der Waals surface area contributed by atoms with Gasteiger partial charge < -0.3 is 11.1 Å². The average molecular weight is 337 g/mol. The summed E-state index contributed by atoms with van der Waals surface area (Å²) in [6.07, 6.45) is 5.17. The molecule has 1 aromatic carbocycles. The molecule has 7 heteroatoms. The van der Waals surface area contributed by atoms with Gasteiger partial charge >= 0.3 is 0 Å². The van der Waals surface area contributed by atoms with Gasteiger partial charge in [-0.25, -0.2) is 8.42 Å². The third-order valence-electron chi connectivity index (χ3n) is 4.71. The largest absolute Gasteiger partial charge is 0.324 e. The monoisotopic (exact) mass is 337 g/mol. The molecule has 1 aliphatic heterocycles. The van der Waals surface area contributed by atoms with Gasteiger partial charge in [-0.2, -0.15) is 0 Å². The van der Waals surface area contributed by atoms with Crippen molar-refractivity contribution in [1.82, 2.24) is 0 Å². The van der Waals surface area contributed by atoms with Crippen LogP contribution in [0.25, 0.3) is 0 Å². The van der Waals surface area contributed by atoms with Crippen LogP contribution >= 0.6 is 0 Å². The van der Waals surface area contributed by atoms with Crippen molar-refractivity contribution < 1.29 is 13.2 Å². The number of anilines is 2. The van der Waals surface area contributed by atoms with E-state index in [1.54, 1.807) is 24.3 Å². The molecule has 1 aromatic rings. The fourth-order valence-electron chi connectivity index (χ4n) is 3.31. The Morgan fingerprint density at radius 2 is 1.74 bits per heavy atom. The van der Waals surface area contributed by atoms with Crippen molar-refractivity contribution >= 4 is 27.3 Å². The Morgan fingerprint density at radius 1 is 1.09 bits per heavy atom. The van der Waals surface area contributed by atoms with Gasteiger partial charge in [0, 0.05) is 12.2 Å². The molecule has 2 aliphatic rings. The molecule has 6 nitrogen and oxygen atoms in total. The summed E-state index contributed by atoms with van der Waals surface area (Å²) in [5, 5.41) is 2.86. The van der Waals surface area contributed by atoms with Crippen molar-refractivity contribution in [3.63, 3.8) is 0 Å². The molecule has 2 fully saturated rings. The van der Waals surface area contributed by atoms with Gasteiger partial charge in [-0.05, 0) is 43.5 Å². The first-order valence-corrected chi connectivity index (χ1v) is 9.72. The molecule has 1 amide bonds. The minimum Gasteiger partial charge on any atom is -0.324 e. The lowest BCUT2D eigenvalue weighted by Crippen LogP contribution is -2.52. The molecule has 3 rings (SSSR count). The van der Waals surface area contributed by atoms with E-state index in [9.17, 15) is 13.2 Å². The maximum absolute atomic E-state index is 12.4. The summed E-state index contributed by atoms with van der Waals surface area (Å²) in [6, 6.07) is 6.91. The Bertz CT molecular complexity index is 679. The highest BCUT2D eigenvalue weighted by Crippen LogP contribution is 2.28. The molecular formula is C16H23N3O3S. The lowest BCUT2D eigenvalue weighted by molar-refractivity contribution is -0.122. The highest BCUT2D eigenvalue weighted by atomic mass is 32.2. The van der Waals surface area contributed by atoms with E-state index in [0.29, 0.717) is 37.2 Å². The number of nitrogens with two attached hydrogens (primary N) is 1. The molecule has 1 heterocycles. The van der Waals surface area contributed by atoms with Gasteiger partial charge in [0.05, 0.1) is 17.0 Å². The topological polar surface area (TPSA) is 92.5 Å². The van der Waals surface area contributed by atoms with E-state index in [1.165, 1.54) is 4.31 Å². The zero-order chi connectivity index (χ0) is 16.5. The van der Waals surface area contributed by atoms with Gasteiger partial charge in [0.15, 0.2) is 0 Å². The molecule has 0 aromatic heterocycles. The van der Waals surface area contributed by atoms with Gasteiger partial charge in [-0.15, -0.1) is 0 Å². The first kappa shape index (κ1) is 16.3. The minimum atomic E-state index is -3.18. The Labute approximate surface area is 137 Å². The van der Waals surface area contributed by atoms with Gasteiger partial charge in [0.2, 0.25) is 15.9 Å². The van der Waals surface area contributed by atoms with E-state index in [4.69, 9.17) is 5.73 Å². The molecule has 1 aliphatic carbocycles. The number of hydrogen-bond acceptors (Lipinski definition) is 4. The van der Waals surface area contributed by atoms with Crippen LogP contribution in [0, 0.1) is 0 Å². The maximum atomic E-state index is 12.4. The smallest absolute Gasteiger partial charge is 0.244 e. The third-order valence-corrected chi connectivity index (χ3v) is 6.58. The first-order chi connectivity index (χ1) is 10.9. The van der Waals surface area contributed by atoms with Crippen LogP contribution in [-0.4, -0.2) is 32.2 Å². The molecule has 0 radical (unpaired) electrons. The Balaban J connectivity index is 1.69. The number of benzene rings is 1. The van der Waals surface area contributed by atoms with E-state index in [1.807, 2.05) is 0 Å². The average Bonchev–Trinajstić information content (AvgIpc) is 2.88. The van der Waals surface area contributed by atoms with E-state index < -0.39 is 15.6 Å². The van der Waals surface area contributed by atoms with Crippen LogP contribution in [0.2, 0.25) is 0 Å². The second-order valence-electron chi connectivity index (χ2n) is 6.46. The summed E-state index contributed by atoms with van der Waals surface area (Å²) in [4.78, 5) is 12.4. The van der Waals surface area contributed by atoms with E-state index in [-0.39, 0.29) is 11.7 Å². The van der Waals surface area contributed by atoms with Crippen molar-refractivity contribution in [2.24, 2.45) is 5.73 Å². The van der Waals surface area contributed by atoms with Crippen molar-refractivity contribution in [3.05, 3.63) is 24.3 Å². The predicted octanol–water partition coefficient (Wildman–Crippen LogP) is 1.83. The number of nitrogens with one attached hydrogen (secondary N) is 1. The number of carbonyl (C=O) groups excluding carboxylic acids is 1. The quantitative estimate of drug-likeness (QED) is 0.880. The van der Waals surface area contributed by atoms with Crippen LogP contribution in [0.15, 0.2) is 24.3 Å². The number of sulfonamides is 1. The number of carbonyl (C=O) groups is 1. The summed E-state index contributed by atoms with van der Waals surface area (Å²) in [5.74, 6) is 0.0417. The molecule has 1 saturated heterocycles. The van der Waals surface area contributed by atoms with E-state index in [2.05, 4.69) is 5.32 Å². The van der Waals surface area contributed by atoms with Crippen molar-refractivity contribution in [2.75, 3.05) is 21.9 Å². The fourth-order valence-corrected chi connectivity index (χ4v) is 4.87. The van der Waals surface area contributed by atoms with Crippen molar-refractivity contribution in [1.29, 1.82) is 0 Å². The molecule has 1 saturated carbocycles. The number of amides is 1. The molecule has 0 atom stereocenters. The van der Waals surface area contributed by atoms with Gasteiger partial charge in [0.25, 0.3) is 0 Å². The lowest BCUT2D eigenvalue weighted by Gasteiger charge is -2.31. The van der Waals surface area contributed by atoms with E-state index >= 15 is 0 Å². The highest BCUT2D eigenvalue weighted by molar-refractivity contribution is 7.93.